The van der Waals surface area contributed by atoms with E-state index in [1.165, 1.54) is 35.5 Å². The molecule has 3 aromatic rings. The fourth-order valence-electron chi connectivity index (χ4n) is 2.43. The molecule has 0 unspecified atom stereocenters. The Morgan fingerprint density at radius 1 is 1.17 bits per heavy atom. The molecule has 0 aliphatic carbocycles. The third-order valence-electron chi connectivity index (χ3n) is 3.82. The van der Waals surface area contributed by atoms with Crippen LogP contribution in [0.15, 0.2) is 53.9 Å². The molecule has 0 saturated heterocycles. The number of nitrogens with one attached hydrogen (secondary N) is 1. The summed E-state index contributed by atoms with van der Waals surface area (Å²) in [5, 5.41) is 6.94. The first-order valence-corrected chi connectivity index (χ1v) is 10.9. The zero-order valence-electron chi connectivity index (χ0n) is 15.4. The summed E-state index contributed by atoms with van der Waals surface area (Å²) in [6, 6.07) is 8.39. The van der Waals surface area contributed by atoms with Gasteiger partial charge in [-0.2, -0.15) is 5.10 Å². The van der Waals surface area contributed by atoms with Crippen molar-refractivity contribution in [3.63, 3.8) is 0 Å². The van der Waals surface area contributed by atoms with Gasteiger partial charge in [-0.3, -0.25) is 4.79 Å². The third-order valence-corrected chi connectivity index (χ3v) is 5.49. The number of halogens is 2. The first kappa shape index (κ1) is 21.8. The number of benzene rings is 2. The van der Waals surface area contributed by atoms with Crippen LogP contribution in [0.2, 0.25) is 10.0 Å². The molecule has 0 aliphatic heterocycles. The van der Waals surface area contributed by atoms with Crippen LogP contribution in [0.4, 0.5) is 5.69 Å². The van der Waals surface area contributed by atoms with E-state index in [2.05, 4.69) is 15.4 Å². The largest absolute Gasteiger partial charge is 0.452 e. The standard InChI is InChI=1S/C18H14Cl2N4O5S/c1-30(27,28)12-3-4-14(20)13(7-12)18(26)29-8-17(25)23-15-6-11(19)2-5-16(15)24-10-21-9-22-24/h2-7,9-10H,8H2,1H3,(H,23,25). The van der Waals surface area contributed by atoms with Gasteiger partial charge in [-0.25, -0.2) is 22.9 Å². The summed E-state index contributed by atoms with van der Waals surface area (Å²) in [5.74, 6) is -1.59. The minimum Gasteiger partial charge on any atom is -0.452 e. The number of anilines is 1. The highest BCUT2D eigenvalue weighted by molar-refractivity contribution is 7.90. The van der Waals surface area contributed by atoms with Crippen LogP contribution in [0.3, 0.4) is 0 Å². The van der Waals surface area contributed by atoms with Crippen LogP contribution in [0.5, 0.6) is 0 Å². The Morgan fingerprint density at radius 3 is 2.60 bits per heavy atom. The molecule has 0 saturated carbocycles. The number of hydrogen-bond donors (Lipinski definition) is 1. The number of carbonyl (C=O) groups is 2. The quantitative estimate of drug-likeness (QED) is 0.552. The normalized spacial score (nSPS) is 11.2. The zero-order chi connectivity index (χ0) is 21.9. The fraction of sp³-hybridized carbons (Fsp3) is 0.111. The van der Waals surface area contributed by atoms with E-state index < -0.39 is 28.3 Å². The molecule has 0 atom stereocenters. The SMILES string of the molecule is CS(=O)(=O)c1ccc(Cl)c(C(=O)OCC(=O)Nc2cc(Cl)ccc2-n2cncn2)c1. The molecule has 0 spiro atoms. The highest BCUT2D eigenvalue weighted by Crippen LogP contribution is 2.24. The molecule has 0 bridgehead atoms. The highest BCUT2D eigenvalue weighted by Gasteiger charge is 2.18. The second-order valence-corrected chi connectivity index (χ2v) is 8.90. The molecule has 3 rings (SSSR count). The van der Waals surface area contributed by atoms with Crippen molar-refractivity contribution in [2.45, 2.75) is 4.90 Å². The van der Waals surface area contributed by atoms with Gasteiger partial charge in [-0.1, -0.05) is 23.2 Å². The Bertz CT molecular complexity index is 1210. The minimum absolute atomic E-state index is 0.00359. The zero-order valence-corrected chi connectivity index (χ0v) is 17.7. The van der Waals surface area contributed by atoms with Gasteiger partial charge in [0.1, 0.15) is 12.7 Å². The van der Waals surface area contributed by atoms with Crippen molar-refractivity contribution < 1.29 is 22.7 Å². The number of ether oxygens (including phenoxy) is 1. The number of carbonyl (C=O) groups excluding carboxylic acids is 2. The topological polar surface area (TPSA) is 120 Å². The second-order valence-electron chi connectivity index (χ2n) is 6.04. The van der Waals surface area contributed by atoms with Crippen molar-refractivity contribution in [2.24, 2.45) is 0 Å². The van der Waals surface area contributed by atoms with Crippen LogP contribution in [-0.4, -0.2) is 47.9 Å². The van der Waals surface area contributed by atoms with Crippen molar-refractivity contribution in [1.82, 2.24) is 14.8 Å². The average molecular weight is 469 g/mol. The molecular formula is C18H14Cl2N4O5S. The Balaban J connectivity index is 1.72. The first-order chi connectivity index (χ1) is 14.1. The van der Waals surface area contributed by atoms with Crippen LogP contribution < -0.4 is 5.32 Å². The van der Waals surface area contributed by atoms with E-state index in [1.807, 2.05) is 0 Å². The van der Waals surface area contributed by atoms with E-state index in [9.17, 15) is 18.0 Å². The van der Waals surface area contributed by atoms with Crippen LogP contribution in [0.25, 0.3) is 5.69 Å². The summed E-state index contributed by atoms with van der Waals surface area (Å²) >= 11 is 11.9. The molecule has 30 heavy (non-hydrogen) atoms. The highest BCUT2D eigenvalue weighted by atomic mass is 35.5. The van der Waals surface area contributed by atoms with Crippen LogP contribution in [-0.2, 0) is 19.4 Å². The lowest BCUT2D eigenvalue weighted by Gasteiger charge is -2.12. The Hall–Kier alpha value is -2.95. The number of esters is 1. The van der Waals surface area contributed by atoms with E-state index in [0.29, 0.717) is 16.4 Å². The third kappa shape index (κ3) is 5.15. The Kier molecular flexibility index (Phi) is 6.40. The lowest BCUT2D eigenvalue weighted by atomic mass is 10.2. The number of aromatic nitrogens is 3. The monoisotopic (exact) mass is 468 g/mol. The summed E-state index contributed by atoms with van der Waals surface area (Å²) in [7, 11) is -3.55. The molecule has 1 amide bonds. The maximum Gasteiger partial charge on any atom is 0.340 e. The summed E-state index contributed by atoms with van der Waals surface area (Å²) < 4.78 is 29.7. The molecule has 2 aromatic carbocycles. The number of nitrogens with zero attached hydrogens (tertiary/aromatic N) is 3. The maximum absolute atomic E-state index is 12.3. The number of hydrogen-bond acceptors (Lipinski definition) is 7. The molecule has 156 valence electrons. The fourth-order valence-corrected chi connectivity index (χ4v) is 3.44. The van der Waals surface area contributed by atoms with Crippen molar-refractivity contribution in [3.05, 3.63) is 64.7 Å². The van der Waals surface area contributed by atoms with Crippen LogP contribution >= 0.6 is 23.2 Å². The lowest BCUT2D eigenvalue weighted by Crippen LogP contribution is -2.22. The van der Waals surface area contributed by atoms with Gasteiger partial charge in [0, 0.05) is 11.3 Å². The van der Waals surface area contributed by atoms with E-state index in [1.54, 1.807) is 12.1 Å². The number of rotatable bonds is 6. The lowest BCUT2D eigenvalue weighted by molar-refractivity contribution is -0.119. The molecule has 1 aromatic heterocycles. The van der Waals surface area contributed by atoms with Crippen LogP contribution in [0, 0.1) is 0 Å². The Labute approximate surface area is 181 Å². The summed E-state index contributed by atoms with van der Waals surface area (Å²) in [6.45, 7) is -0.637. The van der Waals surface area contributed by atoms with Gasteiger partial charge >= 0.3 is 5.97 Å². The molecule has 1 N–H and O–H groups in total. The van der Waals surface area contributed by atoms with Gasteiger partial charge < -0.3 is 10.1 Å². The molecular weight excluding hydrogens is 455 g/mol. The van der Waals surface area contributed by atoms with Crippen molar-refractivity contribution in [1.29, 1.82) is 0 Å². The molecule has 0 fully saturated rings. The van der Waals surface area contributed by atoms with Gasteiger partial charge in [0.15, 0.2) is 16.4 Å². The summed E-state index contributed by atoms with van der Waals surface area (Å²) in [5.41, 5.74) is 0.657. The minimum atomic E-state index is -3.55. The molecule has 12 heteroatoms. The molecule has 0 radical (unpaired) electrons. The molecule has 0 aliphatic rings. The van der Waals surface area contributed by atoms with Gasteiger partial charge in [0.05, 0.1) is 26.9 Å². The summed E-state index contributed by atoms with van der Waals surface area (Å²) in [4.78, 5) is 28.3. The second kappa shape index (κ2) is 8.82. The molecule has 1 heterocycles. The van der Waals surface area contributed by atoms with Crippen molar-refractivity contribution >= 4 is 50.6 Å². The summed E-state index contributed by atoms with van der Waals surface area (Å²) in [6.07, 6.45) is 3.77. The van der Waals surface area contributed by atoms with Crippen molar-refractivity contribution in [2.75, 3.05) is 18.2 Å². The molecule has 9 nitrogen and oxygen atoms in total. The predicted molar refractivity (Wildman–Crippen MR) is 110 cm³/mol. The van der Waals surface area contributed by atoms with Gasteiger partial charge in [-0.05, 0) is 36.4 Å². The average Bonchev–Trinajstić information content (AvgIpc) is 3.20. The number of amides is 1. The van der Waals surface area contributed by atoms with Gasteiger partial charge in [-0.15, -0.1) is 0 Å². The van der Waals surface area contributed by atoms with Crippen molar-refractivity contribution in [3.8, 4) is 5.69 Å². The van der Waals surface area contributed by atoms with E-state index in [-0.39, 0.29) is 15.5 Å². The van der Waals surface area contributed by atoms with E-state index >= 15 is 0 Å². The smallest absolute Gasteiger partial charge is 0.340 e. The predicted octanol–water partition coefficient (Wildman–Crippen LogP) is 2.77. The van der Waals surface area contributed by atoms with Crippen LogP contribution in [0.1, 0.15) is 10.4 Å². The van der Waals surface area contributed by atoms with E-state index in [4.69, 9.17) is 27.9 Å². The van der Waals surface area contributed by atoms with E-state index in [0.717, 1.165) is 12.3 Å². The van der Waals surface area contributed by atoms with Gasteiger partial charge in [0.25, 0.3) is 5.91 Å². The Morgan fingerprint density at radius 2 is 1.93 bits per heavy atom. The maximum atomic E-state index is 12.3. The number of sulfone groups is 1. The van der Waals surface area contributed by atoms with Gasteiger partial charge in [0.2, 0.25) is 0 Å². The first-order valence-electron chi connectivity index (χ1n) is 8.26.